The van der Waals surface area contributed by atoms with E-state index in [-0.39, 0.29) is 17.9 Å². The monoisotopic (exact) mass is 424 g/mol. The van der Waals surface area contributed by atoms with Crippen molar-refractivity contribution in [1.82, 2.24) is 10.6 Å². The average Bonchev–Trinajstić information content (AvgIpc) is 2.82. The largest absolute Gasteiger partial charge is 0.465 e. The Bertz CT molecular complexity index is 846. The number of esters is 1. The number of amides is 1. The maximum absolute atomic E-state index is 13.3. The molecule has 1 amide bonds. The second-order valence-electron chi connectivity index (χ2n) is 8.02. The molecule has 1 saturated heterocycles. The fourth-order valence-corrected chi connectivity index (χ4v) is 3.91. The molecular weight excluding hydrogens is 392 g/mol. The maximum Gasteiger partial charge on any atom is 0.337 e. The van der Waals surface area contributed by atoms with E-state index in [1.165, 1.54) is 12.7 Å². The summed E-state index contributed by atoms with van der Waals surface area (Å²) in [5, 5.41) is 6.70. The van der Waals surface area contributed by atoms with Gasteiger partial charge in [0.1, 0.15) is 5.54 Å². The highest BCUT2D eigenvalue weighted by atomic mass is 16.5. The van der Waals surface area contributed by atoms with Gasteiger partial charge in [-0.15, -0.1) is 0 Å². The fraction of sp³-hybridized carbons (Fsp3) is 0.440. The van der Waals surface area contributed by atoms with Crippen LogP contribution in [0.4, 0.5) is 0 Å². The summed E-state index contributed by atoms with van der Waals surface area (Å²) in [5.74, 6) is -0.371. The van der Waals surface area contributed by atoms with E-state index in [1.807, 2.05) is 25.1 Å². The Balaban J connectivity index is 1.58. The van der Waals surface area contributed by atoms with Crippen LogP contribution in [-0.2, 0) is 20.7 Å². The van der Waals surface area contributed by atoms with Gasteiger partial charge in [-0.2, -0.15) is 0 Å². The van der Waals surface area contributed by atoms with Crippen LogP contribution >= 0.6 is 0 Å². The smallest absolute Gasteiger partial charge is 0.337 e. The quantitative estimate of drug-likeness (QED) is 0.476. The van der Waals surface area contributed by atoms with Crippen molar-refractivity contribution >= 4 is 11.9 Å². The van der Waals surface area contributed by atoms with Crippen molar-refractivity contribution in [3.05, 3.63) is 71.3 Å². The number of benzene rings is 2. The van der Waals surface area contributed by atoms with Crippen LogP contribution in [0.1, 0.15) is 53.7 Å². The summed E-state index contributed by atoms with van der Waals surface area (Å²) in [6.07, 6.45) is 3.24. The molecule has 1 heterocycles. The molecule has 0 saturated carbocycles. The predicted molar refractivity (Wildman–Crippen MR) is 120 cm³/mol. The zero-order chi connectivity index (χ0) is 22.1. The molecule has 2 aromatic carbocycles. The van der Waals surface area contributed by atoms with Gasteiger partial charge in [-0.1, -0.05) is 42.5 Å². The van der Waals surface area contributed by atoms with E-state index < -0.39 is 5.54 Å². The molecule has 0 aromatic heterocycles. The van der Waals surface area contributed by atoms with Crippen LogP contribution in [-0.4, -0.2) is 44.3 Å². The lowest BCUT2D eigenvalue weighted by atomic mass is 9.88. The second kappa shape index (κ2) is 11.1. The van der Waals surface area contributed by atoms with E-state index >= 15 is 0 Å². The van der Waals surface area contributed by atoms with Crippen LogP contribution in [0.5, 0.6) is 0 Å². The molecule has 2 N–H and O–H groups in total. The molecule has 166 valence electrons. The molecule has 3 rings (SSSR count). The Hall–Kier alpha value is -2.70. The van der Waals surface area contributed by atoms with Crippen LogP contribution in [0, 0.1) is 0 Å². The first kappa shape index (κ1) is 23.0. The molecule has 1 atom stereocenters. The third kappa shape index (κ3) is 6.15. The molecule has 0 spiro atoms. The standard InChI is InChI=1S/C25H32N2O4/c1-19(21-10-12-22(13-11-21)23(28)30-2)27-24(29)25(14-17-31-18-15-25)26-16-6-9-20-7-4-3-5-8-20/h3-5,7-8,10-13,19,26H,6,9,14-18H2,1-2H3,(H,27,29)/t19-/m0/s1. The van der Waals surface area contributed by atoms with Crippen LogP contribution < -0.4 is 10.6 Å². The normalized spacial score (nSPS) is 16.3. The third-order valence-electron chi connectivity index (χ3n) is 5.91. The Morgan fingerprint density at radius 3 is 2.39 bits per heavy atom. The van der Waals surface area contributed by atoms with Crippen molar-refractivity contribution in [2.45, 2.75) is 44.2 Å². The number of nitrogens with one attached hydrogen (secondary N) is 2. The number of rotatable bonds is 9. The van der Waals surface area contributed by atoms with Crippen LogP contribution in [0.3, 0.4) is 0 Å². The minimum atomic E-state index is -0.616. The van der Waals surface area contributed by atoms with Crippen molar-refractivity contribution in [3.8, 4) is 0 Å². The first-order valence-corrected chi connectivity index (χ1v) is 10.9. The van der Waals surface area contributed by atoms with Gasteiger partial charge in [-0.25, -0.2) is 4.79 Å². The Labute approximate surface area is 184 Å². The van der Waals surface area contributed by atoms with E-state index in [1.54, 1.807) is 12.1 Å². The zero-order valence-corrected chi connectivity index (χ0v) is 18.4. The molecule has 1 aliphatic heterocycles. The number of methoxy groups -OCH3 is 1. The SMILES string of the molecule is COC(=O)c1ccc([C@H](C)NC(=O)C2(NCCCc3ccccc3)CCOCC2)cc1. The summed E-state index contributed by atoms with van der Waals surface area (Å²) in [4.78, 5) is 24.9. The Kier molecular flexibility index (Phi) is 8.20. The van der Waals surface area contributed by atoms with Gasteiger partial charge in [-0.3, -0.25) is 4.79 Å². The van der Waals surface area contributed by atoms with Crippen LogP contribution in [0.2, 0.25) is 0 Å². The molecule has 0 bridgehead atoms. The van der Waals surface area contributed by atoms with Gasteiger partial charge in [0.15, 0.2) is 0 Å². The zero-order valence-electron chi connectivity index (χ0n) is 18.4. The molecule has 0 unspecified atom stereocenters. The molecule has 0 radical (unpaired) electrons. The van der Waals surface area contributed by atoms with Gasteiger partial charge >= 0.3 is 5.97 Å². The number of carbonyl (C=O) groups is 2. The molecule has 1 fully saturated rings. The highest BCUT2D eigenvalue weighted by Gasteiger charge is 2.39. The summed E-state index contributed by atoms with van der Waals surface area (Å²) in [5.41, 5.74) is 2.12. The van der Waals surface area contributed by atoms with Crippen LogP contribution in [0.15, 0.2) is 54.6 Å². The number of hydrogen-bond donors (Lipinski definition) is 2. The fourth-order valence-electron chi connectivity index (χ4n) is 3.91. The predicted octanol–water partition coefficient (Wildman–Crippen LogP) is 3.42. The van der Waals surface area contributed by atoms with E-state index in [2.05, 4.69) is 34.9 Å². The van der Waals surface area contributed by atoms with Crippen molar-refractivity contribution in [2.24, 2.45) is 0 Å². The Morgan fingerprint density at radius 2 is 1.74 bits per heavy atom. The highest BCUT2D eigenvalue weighted by molar-refractivity contribution is 5.89. The van der Waals surface area contributed by atoms with Gasteiger partial charge < -0.3 is 20.1 Å². The summed E-state index contributed by atoms with van der Waals surface area (Å²) in [7, 11) is 1.36. The van der Waals surface area contributed by atoms with Crippen molar-refractivity contribution in [1.29, 1.82) is 0 Å². The molecular formula is C25H32N2O4. The molecule has 1 aliphatic rings. The van der Waals surface area contributed by atoms with E-state index in [0.717, 1.165) is 24.9 Å². The van der Waals surface area contributed by atoms with Crippen LogP contribution in [0.25, 0.3) is 0 Å². The van der Waals surface area contributed by atoms with Gasteiger partial charge in [-0.05, 0) is 62.4 Å². The summed E-state index contributed by atoms with van der Waals surface area (Å²) in [6.45, 7) is 3.86. The van der Waals surface area contributed by atoms with E-state index in [9.17, 15) is 9.59 Å². The topological polar surface area (TPSA) is 76.7 Å². The lowest BCUT2D eigenvalue weighted by Crippen LogP contribution is -2.60. The molecule has 31 heavy (non-hydrogen) atoms. The van der Waals surface area contributed by atoms with E-state index in [4.69, 9.17) is 9.47 Å². The molecule has 6 heteroatoms. The summed E-state index contributed by atoms with van der Waals surface area (Å²) < 4.78 is 10.3. The maximum atomic E-state index is 13.3. The molecule has 2 aromatic rings. The third-order valence-corrected chi connectivity index (χ3v) is 5.91. The highest BCUT2D eigenvalue weighted by Crippen LogP contribution is 2.23. The van der Waals surface area contributed by atoms with Gasteiger partial charge in [0.05, 0.1) is 18.7 Å². The second-order valence-corrected chi connectivity index (χ2v) is 8.02. The number of ether oxygens (including phenoxy) is 2. The van der Waals surface area contributed by atoms with Gasteiger partial charge in [0.2, 0.25) is 5.91 Å². The van der Waals surface area contributed by atoms with E-state index in [0.29, 0.717) is 31.6 Å². The van der Waals surface area contributed by atoms with Crippen molar-refractivity contribution in [2.75, 3.05) is 26.9 Å². The van der Waals surface area contributed by atoms with Crippen molar-refractivity contribution in [3.63, 3.8) is 0 Å². The van der Waals surface area contributed by atoms with Gasteiger partial charge in [0.25, 0.3) is 0 Å². The first-order chi connectivity index (χ1) is 15.0. The minimum Gasteiger partial charge on any atom is -0.465 e. The number of aryl methyl sites for hydroxylation is 1. The first-order valence-electron chi connectivity index (χ1n) is 10.9. The number of hydrogen-bond acceptors (Lipinski definition) is 5. The lowest BCUT2D eigenvalue weighted by molar-refractivity contribution is -0.132. The summed E-state index contributed by atoms with van der Waals surface area (Å²) >= 11 is 0. The van der Waals surface area contributed by atoms with Crippen molar-refractivity contribution < 1.29 is 19.1 Å². The number of carbonyl (C=O) groups excluding carboxylic acids is 2. The molecule has 0 aliphatic carbocycles. The summed E-state index contributed by atoms with van der Waals surface area (Å²) in [6, 6.07) is 17.3. The minimum absolute atomic E-state index is 0.0000514. The Morgan fingerprint density at radius 1 is 1.06 bits per heavy atom. The van der Waals surface area contributed by atoms with Gasteiger partial charge in [0, 0.05) is 13.2 Å². The molecule has 6 nitrogen and oxygen atoms in total. The lowest BCUT2D eigenvalue weighted by Gasteiger charge is -2.37. The average molecular weight is 425 g/mol.